The van der Waals surface area contributed by atoms with Crippen molar-refractivity contribution in [3.8, 4) is 0 Å². The van der Waals surface area contributed by atoms with Gasteiger partial charge in [-0.15, -0.1) is 0 Å². The molecule has 0 radical (unpaired) electrons. The molecule has 1 aromatic carbocycles. The number of nitrogen functional groups attached to an aromatic ring is 1. The van der Waals surface area contributed by atoms with Crippen LogP contribution in [0.1, 0.15) is 29.6 Å². The Balaban J connectivity index is 2.41. The number of benzene rings is 1. The van der Waals surface area contributed by atoms with Crippen molar-refractivity contribution in [1.29, 1.82) is 0 Å². The third-order valence-corrected chi connectivity index (χ3v) is 3.29. The van der Waals surface area contributed by atoms with E-state index in [2.05, 4.69) is 21.2 Å². The lowest BCUT2D eigenvalue weighted by molar-refractivity contribution is -0.118. The maximum Gasteiger partial charge on any atom is 0.252 e. The molecule has 0 aliphatic rings. The molecule has 0 bridgehead atoms. The van der Waals surface area contributed by atoms with Crippen molar-refractivity contribution < 1.29 is 9.59 Å². The Morgan fingerprint density at radius 1 is 1.28 bits per heavy atom. The summed E-state index contributed by atoms with van der Waals surface area (Å²) >= 11 is 3.28. The highest BCUT2D eigenvalue weighted by Gasteiger charge is 2.10. The zero-order valence-electron chi connectivity index (χ0n) is 9.91. The van der Waals surface area contributed by atoms with Crippen molar-refractivity contribution in [2.75, 3.05) is 12.3 Å². The van der Waals surface area contributed by atoms with E-state index in [1.807, 2.05) is 0 Å². The van der Waals surface area contributed by atoms with Crippen LogP contribution >= 0.6 is 15.9 Å². The topological polar surface area (TPSA) is 98.2 Å². The first kappa shape index (κ1) is 14.5. The van der Waals surface area contributed by atoms with Crippen LogP contribution < -0.4 is 16.8 Å². The van der Waals surface area contributed by atoms with Gasteiger partial charge in [-0.25, -0.2) is 0 Å². The fourth-order valence-corrected chi connectivity index (χ4v) is 1.89. The summed E-state index contributed by atoms with van der Waals surface area (Å²) in [6.45, 7) is 0.507. The Morgan fingerprint density at radius 3 is 2.67 bits per heavy atom. The van der Waals surface area contributed by atoms with Crippen LogP contribution in [0.15, 0.2) is 22.7 Å². The number of rotatable bonds is 6. The lowest BCUT2D eigenvalue weighted by Gasteiger charge is -2.08. The summed E-state index contributed by atoms with van der Waals surface area (Å²) in [5, 5.41) is 2.76. The molecular formula is C12H16BrN3O2. The summed E-state index contributed by atoms with van der Waals surface area (Å²) < 4.78 is 0.597. The normalized spacial score (nSPS) is 10.1. The van der Waals surface area contributed by atoms with Crippen LogP contribution in [-0.2, 0) is 4.79 Å². The fourth-order valence-electron chi connectivity index (χ4n) is 1.45. The molecule has 0 aliphatic carbocycles. The van der Waals surface area contributed by atoms with Crippen molar-refractivity contribution in [2.24, 2.45) is 5.73 Å². The third-order valence-electron chi connectivity index (χ3n) is 2.41. The smallest absolute Gasteiger partial charge is 0.252 e. The summed E-state index contributed by atoms with van der Waals surface area (Å²) in [5.41, 5.74) is 11.7. The highest BCUT2D eigenvalue weighted by molar-refractivity contribution is 9.10. The molecule has 0 aliphatic heterocycles. The molecule has 0 unspecified atom stereocenters. The van der Waals surface area contributed by atoms with E-state index in [1.165, 1.54) is 0 Å². The van der Waals surface area contributed by atoms with Gasteiger partial charge in [0.05, 0.1) is 10.0 Å². The number of halogens is 1. The lowest BCUT2D eigenvalue weighted by atomic mass is 10.2. The molecule has 0 spiro atoms. The summed E-state index contributed by atoms with van der Waals surface area (Å²) in [6.07, 6.45) is 1.74. The number of unbranched alkanes of at least 4 members (excludes halogenated alkanes) is 1. The van der Waals surface area contributed by atoms with E-state index in [-0.39, 0.29) is 11.8 Å². The molecule has 98 valence electrons. The van der Waals surface area contributed by atoms with Gasteiger partial charge in [0.1, 0.15) is 0 Å². The number of hydrogen-bond acceptors (Lipinski definition) is 3. The largest absolute Gasteiger partial charge is 0.398 e. The summed E-state index contributed by atoms with van der Waals surface area (Å²) in [4.78, 5) is 22.3. The number of carbonyl (C=O) groups excluding carboxylic acids is 2. The molecule has 2 amide bonds. The molecule has 1 rings (SSSR count). The second-order valence-corrected chi connectivity index (χ2v) is 4.68. The minimum absolute atomic E-state index is 0.187. The summed E-state index contributed by atoms with van der Waals surface area (Å²) in [6, 6.07) is 5.13. The minimum atomic E-state index is -0.320. The number of nitrogens with two attached hydrogens (primary N) is 2. The Morgan fingerprint density at radius 2 is 2.00 bits per heavy atom. The average molecular weight is 314 g/mol. The van der Waals surface area contributed by atoms with Gasteiger partial charge in [0.25, 0.3) is 5.91 Å². The van der Waals surface area contributed by atoms with E-state index < -0.39 is 0 Å². The van der Waals surface area contributed by atoms with Gasteiger partial charge in [-0.1, -0.05) is 6.07 Å². The number of carbonyl (C=O) groups is 2. The van der Waals surface area contributed by atoms with Crippen molar-refractivity contribution in [2.45, 2.75) is 19.3 Å². The predicted octanol–water partition coefficient (Wildman–Crippen LogP) is 1.42. The van der Waals surface area contributed by atoms with E-state index >= 15 is 0 Å². The zero-order valence-corrected chi connectivity index (χ0v) is 11.5. The molecular weight excluding hydrogens is 298 g/mol. The first-order chi connectivity index (χ1) is 8.52. The quantitative estimate of drug-likeness (QED) is 0.547. The number of nitrogens with one attached hydrogen (secondary N) is 1. The number of hydrogen-bond donors (Lipinski definition) is 3. The Kier molecular flexibility index (Phi) is 5.64. The average Bonchev–Trinajstić information content (AvgIpc) is 2.31. The molecule has 0 heterocycles. The molecule has 6 heteroatoms. The van der Waals surface area contributed by atoms with Crippen molar-refractivity contribution in [3.05, 3.63) is 28.2 Å². The maximum atomic E-state index is 11.8. The fraction of sp³-hybridized carbons (Fsp3) is 0.333. The lowest BCUT2D eigenvalue weighted by Crippen LogP contribution is -2.25. The van der Waals surface area contributed by atoms with Gasteiger partial charge in [0.15, 0.2) is 0 Å². The molecule has 0 fully saturated rings. The Bertz CT molecular complexity index is 449. The third kappa shape index (κ3) is 4.37. The van der Waals surface area contributed by atoms with E-state index in [4.69, 9.17) is 11.5 Å². The van der Waals surface area contributed by atoms with Gasteiger partial charge in [-0.05, 0) is 40.9 Å². The molecule has 0 aromatic heterocycles. The highest BCUT2D eigenvalue weighted by Crippen LogP contribution is 2.23. The number of amides is 2. The highest BCUT2D eigenvalue weighted by atomic mass is 79.9. The number of anilines is 1. The molecule has 0 atom stereocenters. The molecule has 5 nitrogen and oxygen atoms in total. The van der Waals surface area contributed by atoms with E-state index in [9.17, 15) is 9.59 Å². The first-order valence-electron chi connectivity index (χ1n) is 5.63. The molecule has 5 N–H and O–H groups in total. The Labute approximate surface area is 114 Å². The van der Waals surface area contributed by atoms with Gasteiger partial charge in [0.2, 0.25) is 5.91 Å². The second kappa shape index (κ2) is 7.00. The van der Waals surface area contributed by atoms with Gasteiger partial charge in [0, 0.05) is 18.7 Å². The summed E-state index contributed by atoms with van der Waals surface area (Å²) in [7, 11) is 0. The zero-order chi connectivity index (χ0) is 13.5. The van der Waals surface area contributed by atoms with Gasteiger partial charge < -0.3 is 16.8 Å². The van der Waals surface area contributed by atoms with Crippen LogP contribution in [-0.4, -0.2) is 18.4 Å². The molecule has 1 aromatic rings. The van der Waals surface area contributed by atoms with Gasteiger partial charge >= 0.3 is 0 Å². The van der Waals surface area contributed by atoms with Crippen LogP contribution in [0.2, 0.25) is 0 Å². The molecule has 0 saturated heterocycles. The van der Waals surface area contributed by atoms with Crippen LogP contribution in [0.25, 0.3) is 0 Å². The van der Waals surface area contributed by atoms with Crippen molar-refractivity contribution >= 4 is 33.4 Å². The maximum absolute atomic E-state index is 11.8. The first-order valence-corrected chi connectivity index (χ1v) is 6.42. The van der Waals surface area contributed by atoms with Gasteiger partial charge in [-0.3, -0.25) is 9.59 Å². The van der Waals surface area contributed by atoms with Crippen LogP contribution in [0, 0.1) is 0 Å². The SMILES string of the molecule is NC(=O)CCCCNC(=O)c1cccc(N)c1Br. The second-order valence-electron chi connectivity index (χ2n) is 3.89. The number of primary amides is 1. The van der Waals surface area contributed by atoms with Crippen molar-refractivity contribution in [1.82, 2.24) is 5.32 Å². The van der Waals surface area contributed by atoms with Crippen LogP contribution in [0.4, 0.5) is 5.69 Å². The monoisotopic (exact) mass is 313 g/mol. The molecule has 18 heavy (non-hydrogen) atoms. The minimum Gasteiger partial charge on any atom is -0.398 e. The van der Waals surface area contributed by atoms with E-state index in [0.717, 1.165) is 0 Å². The molecule has 0 saturated carbocycles. The van der Waals surface area contributed by atoms with Crippen LogP contribution in [0.3, 0.4) is 0 Å². The predicted molar refractivity (Wildman–Crippen MR) is 73.9 cm³/mol. The van der Waals surface area contributed by atoms with E-state index in [1.54, 1.807) is 18.2 Å². The van der Waals surface area contributed by atoms with Crippen molar-refractivity contribution in [3.63, 3.8) is 0 Å². The van der Waals surface area contributed by atoms with Crippen LogP contribution in [0.5, 0.6) is 0 Å². The van der Waals surface area contributed by atoms with Gasteiger partial charge in [-0.2, -0.15) is 0 Å². The summed E-state index contributed by atoms with van der Waals surface area (Å²) in [5.74, 6) is -0.506. The Hall–Kier alpha value is -1.56. The van der Waals surface area contributed by atoms with E-state index in [0.29, 0.717) is 41.5 Å². The standard InChI is InChI=1S/C12H16BrN3O2/c13-11-8(4-3-5-9(11)14)12(18)16-7-2-1-6-10(15)17/h3-5H,1-2,6-7,14H2,(H2,15,17)(H,16,18).